The van der Waals surface area contributed by atoms with E-state index in [0.717, 1.165) is 12.8 Å². The molecule has 0 aromatic rings. The van der Waals surface area contributed by atoms with Crippen molar-refractivity contribution >= 4 is 0 Å². The van der Waals surface area contributed by atoms with Gasteiger partial charge in [0.1, 0.15) is 0 Å². The number of aliphatic hydroxyl groups is 1. The third-order valence-corrected chi connectivity index (χ3v) is 2.58. The van der Waals surface area contributed by atoms with Crippen LogP contribution in [-0.2, 0) is 4.74 Å². The van der Waals surface area contributed by atoms with Crippen LogP contribution in [0.3, 0.4) is 0 Å². The monoisotopic (exact) mass is 144 g/mol. The van der Waals surface area contributed by atoms with Crippen LogP contribution in [0.15, 0.2) is 0 Å². The van der Waals surface area contributed by atoms with Gasteiger partial charge in [0.25, 0.3) is 0 Å². The van der Waals surface area contributed by atoms with Crippen LogP contribution < -0.4 is 0 Å². The Morgan fingerprint density at radius 3 is 2.80 bits per heavy atom. The molecule has 1 aliphatic rings. The van der Waals surface area contributed by atoms with Gasteiger partial charge in [-0.25, -0.2) is 0 Å². The molecule has 2 nitrogen and oxygen atoms in total. The minimum absolute atomic E-state index is 0.297. The Labute approximate surface area is 62.2 Å². The SMILES string of the molecule is CCC1(O)CCOCC1C. The standard InChI is InChI=1S/C8H16O2/c1-3-8(9)4-5-10-6-7(8)2/h7,9H,3-6H2,1-2H3. The van der Waals surface area contributed by atoms with Gasteiger partial charge in [-0.2, -0.15) is 0 Å². The molecule has 2 atom stereocenters. The normalized spacial score (nSPS) is 41.7. The van der Waals surface area contributed by atoms with E-state index in [4.69, 9.17) is 4.74 Å². The summed E-state index contributed by atoms with van der Waals surface area (Å²) in [4.78, 5) is 0. The number of rotatable bonds is 1. The highest BCUT2D eigenvalue weighted by molar-refractivity contribution is 4.85. The Morgan fingerprint density at radius 1 is 1.70 bits per heavy atom. The van der Waals surface area contributed by atoms with Crippen LogP contribution in [-0.4, -0.2) is 23.9 Å². The van der Waals surface area contributed by atoms with Crippen LogP contribution in [0.25, 0.3) is 0 Å². The van der Waals surface area contributed by atoms with Crippen molar-refractivity contribution in [2.75, 3.05) is 13.2 Å². The second-order valence-electron chi connectivity index (χ2n) is 3.18. The predicted octanol–water partition coefficient (Wildman–Crippen LogP) is 1.18. The molecule has 1 rings (SSSR count). The Bertz CT molecular complexity index is 114. The zero-order valence-corrected chi connectivity index (χ0v) is 6.76. The average Bonchev–Trinajstić information content (AvgIpc) is 1.96. The summed E-state index contributed by atoms with van der Waals surface area (Å²) in [5, 5.41) is 9.87. The van der Waals surface area contributed by atoms with Crippen LogP contribution in [0.4, 0.5) is 0 Å². The second-order valence-corrected chi connectivity index (χ2v) is 3.18. The highest BCUT2D eigenvalue weighted by atomic mass is 16.5. The van der Waals surface area contributed by atoms with Crippen molar-refractivity contribution in [2.45, 2.75) is 32.3 Å². The maximum atomic E-state index is 9.87. The van der Waals surface area contributed by atoms with Crippen LogP contribution in [0.1, 0.15) is 26.7 Å². The first-order chi connectivity index (χ1) is 4.69. The molecule has 0 radical (unpaired) electrons. The predicted molar refractivity (Wildman–Crippen MR) is 39.8 cm³/mol. The summed E-state index contributed by atoms with van der Waals surface area (Å²) in [6, 6.07) is 0. The van der Waals surface area contributed by atoms with Crippen molar-refractivity contribution in [3.8, 4) is 0 Å². The molecule has 1 aliphatic heterocycles. The largest absolute Gasteiger partial charge is 0.389 e. The van der Waals surface area contributed by atoms with E-state index in [1.54, 1.807) is 0 Å². The summed E-state index contributed by atoms with van der Waals surface area (Å²) in [5.41, 5.74) is -0.446. The van der Waals surface area contributed by atoms with Gasteiger partial charge in [-0.1, -0.05) is 13.8 Å². The Hall–Kier alpha value is -0.0800. The molecule has 60 valence electrons. The molecule has 1 N–H and O–H groups in total. The van der Waals surface area contributed by atoms with Crippen molar-refractivity contribution in [3.63, 3.8) is 0 Å². The Balaban J connectivity index is 2.54. The molecule has 2 heteroatoms. The first kappa shape index (κ1) is 8.02. The Kier molecular flexibility index (Phi) is 2.32. The lowest BCUT2D eigenvalue weighted by atomic mass is 9.83. The summed E-state index contributed by atoms with van der Waals surface area (Å²) >= 11 is 0. The van der Waals surface area contributed by atoms with Gasteiger partial charge in [0.05, 0.1) is 12.2 Å². The van der Waals surface area contributed by atoms with Gasteiger partial charge in [-0.3, -0.25) is 0 Å². The van der Waals surface area contributed by atoms with E-state index in [2.05, 4.69) is 0 Å². The number of ether oxygens (including phenoxy) is 1. The van der Waals surface area contributed by atoms with Crippen LogP contribution >= 0.6 is 0 Å². The number of hydrogen-bond donors (Lipinski definition) is 1. The lowest BCUT2D eigenvalue weighted by Gasteiger charge is -2.37. The van der Waals surface area contributed by atoms with Gasteiger partial charge in [0, 0.05) is 12.5 Å². The summed E-state index contributed by atoms with van der Waals surface area (Å²) in [6.45, 7) is 5.50. The van der Waals surface area contributed by atoms with E-state index in [1.807, 2.05) is 13.8 Å². The topological polar surface area (TPSA) is 29.5 Å². The van der Waals surface area contributed by atoms with Gasteiger partial charge in [0.2, 0.25) is 0 Å². The molecule has 0 aromatic carbocycles. The van der Waals surface area contributed by atoms with Crippen molar-refractivity contribution in [1.82, 2.24) is 0 Å². The van der Waals surface area contributed by atoms with E-state index in [1.165, 1.54) is 0 Å². The Morgan fingerprint density at radius 2 is 2.40 bits per heavy atom. The summed E-state index contributed by atoms with van der Waals surface area (Å²) in [7, 11) is 0. The smallest absolute Gasteiger partial charge is 0.0714 e. The third-order valence-electron chi connectivity index (χ3n) is 2.58. The van der Waals surface area contributed by atoms with Crippen LogP contribution in [0, 0.1) is 5.92 Å². The molecular weight excluding hydrogens is 128 g/mol. The van der Waals surface area contributed by atoms with Gasteiger partial charge in [-0.15, -0.1) is 0 Å². The molecule has 0 bridgehead atoms. The summed E-state index contributed by atoms with van der Waals surface area (Å²) in [6.07, 6.45) is 1.64. The fourth-order valence-electron chi connectivity index (χ4n) is 1.44. The summed E-state index contributed by atoms with van der Waals surface area (Å²) < 4.78 is 5.22. The summed E-state index contributed by atoms with van der Waals surface area (Å²) in [5.74, 6) is 0.297. The molecule has 10 heavy (non-hydrogen) atoms. The van der Waals surface area contributed by atoms with Gasteiger partial charge in [0.15, 0.2) is 0 Å². The van der Waals surface area contributed by atoms with E-state index in [-0.39, 0.29) is 0 Å². The quantitative estimate of drug-likeness (QED) is 0.599. The van der Waals surface area contributed by atoms with Crippen molar-refractivity contribution in [3.05, 3.63) is 0 Å². The van der Waals surface area contributed by atoms with Crippen molar-refractivity contribution < 1.29 is 9.84 Å². The molecular formula is C8H16O2. The number of hydrogen-bond acceptors (Lipinski definition) is 2. The molecule has 0 amide bonds. The molecule has 2 unspecified atom stereocenters. The molecule has 0 aliphatic carbocycles. The van der Waals surface area contributed by atoms with E-state index in [9.17, 15) is 5.11 Å². The average molecular weight is 144 g/mol. The zero-order valence-electron chi connectivity index (χ0n) is 6.76. The van der Waals surface area contributed by atoms with E-state index < -0.39 is 5.60 Å². The third kappa shape index (κ3) is 1.32. The first-order valence-corrected chi connectivity index (χ1v) is 3.99. The molecule has 0 spiro atoms. The maximum absolute atomic E-state index is 9.87. The minimum Gasteiger partial charge on any atom is -0.389 e. The fraction of sp³-hybridized carbons (Fsp3) is 1.00. The molecule has 1 saturated heterocycles. The lowest BCUT2D eigenvalue weighted by Crippen LogP contribution is -2.43. The maximum Gasteiger partial charge on any atom is 0.0714 e. The lowest BCUT2D eigenvalue weighted by molar-refractivity contribution is -0.107. The van der Waals surface area contributed by atoms with Crippen LogP contribution in [0.2, 0.25) is 0 Å². The molecule has 1 heterocycles. The van der Waals surface area contributed by atoms with Crippen molar-refractivity contribution in [1.29, 1.82) is 0 Å². The molecule has 0 aromatic heterocycles. The molecule has 0 saturated carbocycles. The van der Waals surface area contributed by atoms with Gasteiger partial charge in [-0.05, 0) is 12.8 Å². The highest BCUT2D eigenvalue weighted by Gasteiger charge is 2.34. The zero-order chi connectivity index (χ0) is 7.61. The second kappa shape index (κ2) is 2.89. The van der Waals surface area contributed by atoms with Crippen LogP contribution in [0.5, 0.6) is 0 Å². The highest BCUT2D eigenvalue weighted by Crippen LogP contribution is 2.28. The van der Waals surface area contributed by atoms with Gasteiger partial charge < -0.3 is 9.84 Å². The minimum atomic E-state index is -0.446. The molecule has 1 fully saturated rings. The van der Waals surface area contributed by atoms with Crippen molar-refractivity contribution in [2.24, 2.45) is 5.92 Å². The first-order valence-electron chi connectivity index (χ1n) is 3.99. The van der Waals surface area contributed by atoms with E-state index in [0.29, 0.717) is 19.1 Å². The van der Waals surface area contributed by atoms with Gasteiger partial charge >= 0.3 is 0 Å². The van der Waals surface area contributed by atoms with E-state index >= 15 is 0 Å². The fourth-order valence-corrected chi connectivity index (χ4v) is 1.44.